The molecule has 1 fully saturated rings. The number of para-hydroxylation sites is 1. The average molecular weight is 371 g/mol. The highest BCUT2D eigenvalue weighted by molar-refractivity contribution is 7.93. The van der Waals surface area contributed by atoms with Gasteiger partial charge >= 0.3 is 6.09 Å². The first-order valence-corrected chi connectivity index (χ1v) is 9.43. The Bertz CT molecular complexity index is 757. The summed E-state index contributed by atoms with van der Waals surface area (Å²) in [5.74, 6) is 0.0762. The summed E-state index contributed by atoms with van der Waals surface area (Å²) in [4.78, 5) is 21.2. The lowest BCUT2D eigenvalue weighted by Crippen LogP contribution is -2.33. The molecule has 9 nitrogen and oxygen atoms in total. The number of sulfonamides is 1. The summed E-state index contributed by atoms with van der Waals surface area (Å²) < 4.78 is 32.3. The number of nitro benzene ring substituents is 1. The van der Waals surface area contributed by atoms with E-state index in [1.807, 2.05) is 0 Å². The van der Waals surface area contributed by atoms with E-state index in [9.17, 15) is 23.3 Å². The fourth-order valence-electron chi connectivity index (χ4n) is 3.03. The van der Waals surface area contributed by atoms with Crippen LogP contribution in [0, 0.1) is 23.0 Å². The summed E-state index contributed by atoms with van der Waals surface area (Å²) in [6.45, 7) is 1.73. The summed E-state index contributed by atoms with van der Waals surface area (Å²) in [5.41, 5.74) is 5.04. The number of hydrogen-bond acceptors (Lipinski definition) is 6. The van der Waals surface area contributed by atoms with E-state index < -0.39 is 26.3 Å². The van der Waals surface area contributed by atoms with Crippen LogP contribution in [0.3, 0.4) is 0 Å². The summed E-state index contributed by atoms with van der Waals surface area (Å²) in [6.07, 6.45) is 1.09. The van der Waals surface area contributed by atoms with Crippen molar-refractivity contribution in [3.8, 4) is 0 Å². The standard InChI is InChI=1S/C15H21N3O6S/c1-10-3-2-4-13(14(10)18(20)21)17-25(22,23)12-7-5-11(6-8-12)9-24-15(16)19/h2-4,11-12,17H,5-9H2,1H3,(H2,16,19). The molecule has 1 saturated carbocycles. The Morgan fingerprint density at radius 2 is 2.00 bits per heavy atom. The molecule has 1 aliphatic carbocycles. The van der Waals surface area contributed by atoms with Crippen LogP contribution in [0.2, 0.25) is 0 Å². The van der Waals surface area contributed by atoms with Gasteiger partial charge in [-0.2, -0.15) is 0 Å². The minimum absolute atomic E-state index is 0.0239. The zero-order chi connectivity index (χ0) is 18.6. The van der Waals surface area contributed by atoms with Crippen molar-refractivity contribution in [3.05, 3.63) is 33.9 Å². The Balaban J connectivity index is 2.05. The van der Waals surface area contributed by atoms with Gasteiger partial charge in [0.25, 0.3) is 5.69 Å². The van der Waals surface area contributed by atoms with Crippen molar-refractivity contribution in [1.82, 2.24) is 0 Å². The molecular weight excluding hydrogens is 350 g/mol. The molecule has 1 amide bonds. The van der Waals surface area contributed by atoms with Crippen molar-refractivity contribution in [2.24, 2.45) is 11.7 Å². The molecule has 25 heavy (non-hydrogen) atoms. The average Bonchev–Trinajstić information content (AvgIpc) is 2.52. The van der Waals surface area contributed by atoms with Crippen LogP contribution in [0.5, 0.6) is 0 Å². The second kappa shape index (κ2) is 7.68. The van der Waals surface area contributed by atoms with E-state index in [2.05, 4.69) is 4.72 Å². The highest BCUT2D eigenvalue weighted by Crippen LogP contribution is 2.33. The minimum atomic E-state index is -3.75. The summed E-state index contributed by atoms with van der Waals surface area (Å²) in [5, 5.41) is 10.6. The lowest BCUT2D eigenvalue weighted by Gasteiger charge is -2.28. The maximum atomic E-state index is 12.6. The molecule has 1 aromatic rings. The number of nitrogens with one attached hydrogen (secondary N) is 1. The van der Waals surface area contributed by atoms with Crippen molar-refractivity contribution in [2.45, 2.75) is 37.9 Å². The SMILES string of the molecule is Cc1cccc(NS(=O)(=O)C2CCC(COC(N)=O)CC2)c1[N+](=O)[O-]. The number of nitrogens with two attached hydrogens (primary N) is 1. The Hall–Kier alpha value is -2.36. The maximum Gasteiger partial charge on any atom is 0.404 e. The van der Waals surface area contributed by atoms with Crippen LogP contribution in [-0.4, -0.2) is 31.3 Å². The number of ether oxygens (including phenoxy) is 1. The summed E-state index contributed by atoms with van der Waals surface area (Å²) in [6, 6.07) is 4.51. The lowest BCUT2D eigenvalue weighted by molar-refractivity contribution is -0.384. The van der Waals surface area contributed by atoms with Crippen LogP contribution in [0.4, 0.5) is 16.2 Å². The van der Waals surface area contributed by atoms with Gasteiger partial charge in [0.1, 0.15) is 5.69 Å². The molecular formula is C15H21N3O6S. The number of aryl methyl sites for hydroxylation is 1. The molecule has 1 aromatic carbocycles. The molecule has 3 N–H and O–H groups in total. The van der Waals surface area contributed by atoms with Crippen LogP contribution in [0.15, 0.2) is 18.2 Å². The molecule has 0 aromatic heterocycles. The third-order valence-corrected chi connectivity index (χ3v) is 6.22. The zero-order valence-corrected chi connectivity index (χ0v) is 14.6. The first-order chi connectivity index (χ1) is 11.7. The normalized spacial score (nSPS) is 20.7. The fraction of sp³-hybridized carbons (Fsp3) is 0.533. The molecule has 0 atom stereocenters. The number of primary amides is 1. The van der Waals surface area contributed by atoms with Crippen LogP contribution < -0.4 is 10.5 Å². The monoisotopic (exact) mass is 371 g/mol. The smallest absolute Gasteiger partial charge is 0.404 e. The van der Waals surface area contributed by atoms with E-state index in [4.69, 9.17) is 10.5 Å². The molecule has 0 unspecified atom stereocenters. The van der Waals surface area contributed by atoms with Crippen LogP contribution >= 0.6 is 0 Å². The van der Waals surface area contributed by atoms with Gasteiger partial charge in [0.2, 0.25) is 10.0 Å². The fourth-order valence-corrected chi connectivity index (χ4v) is 4.56. The van der Waals surface area contributed by atoms with Gasteiger partial charge in [-0.3, -0.25) is 14.8 Å². The molecule has 1 aliphatic rings. The second-order valence-electron chi connectivity index (χ2n) is 6.15. The van der Waals surface area contributed by atoms with Gasteiger partial charge in [-0.1, -0.05) is 12.1 Å². The molecule has 0 aliphatic heterocycles. The van der Waals surface area contributed by atoms with E-state index in [0.29, 0.717) is 31.2 Å². The van der Waals surface area contributed by atoms with Crippen LogP contribution in [0.25, 0.3) is 0 Å². The topological polar surface area (TPSA) is 142 Å². The van der Waals surface area contributed by atoms with Gasteiger partial charge in [-0.15, -0.1) is 0 Å². The van der Waals surface area contributed by atoms with Crippen molar-refractivity contribution < 1.29 is 22.9 Å². The van der Waals surface area contributed by atoms with Gasteiger partial charge in [-0.05, 0) is 44.6 Å². The first kappa shape index (κ1) is 19.0. The highest BCUT2D eigenvalue weighted by atomic mass is 32.2. The third kappa shape index (κ3) is 4.81. The maximum absolute atomic E-state index is 12.6. The van der Waals surface area contributed by atoms with Gasteiger partial charge < -0.3 is 10.5 Å². The summed E-state index contributed by atoms with van der Waals surface area (Å²) in [7, 11) is -3.75. The quantitative estimate of drug-likeness (QED) is 0.580. The van der Waals surface area contributed by atoms with Gasteiger partial charge in [0, 0.05) is 5.56 Å². The van der Waals surface area contributed by atoms with E-state index in [1.54, 1.807) is 19.1 Å². The largest absolute Gasteiger partial charge is 0.449 e. The van der Waals surface area contributed by atoms with Crippen molar-refractivity contribution >= 4 is 27.5 Å². The number of anilines is 1. The molecule has 0 saturated heterocycles. The lowest BCUT2D eigenvalue weighted by atomic mass is 9.89. The van der Waals surface area contributed by atoms with Crippen molar-refractivity contribution in [3.63, 3.8) is 0 Å². The molecule has 2 rings (SSSR count). The predicted octanol–water partition coefficient (Wildman–Crippen LogP) is 2.30. The van der Waals surface area contributed by atoms with Crippen molar-refractivity contribution in [2.75, 3.05) is 11.3 Å². The Morgan fingerprint density at radius 1 is 1.36 bits per heavy atom. The molecule has 138 valence electrons. The number of benzene rings is 1. The van der Waals surface area contributed by atoms with E-state index in [0.717, 1.165) is 0 Å². The zero-order valence-electron chi connectivity index (χ0n) is 13.8. The number of hydrogen-bond donors (Lipinski definition) is 2. The molecule has 0 bridgehead atoms. The van der Waals surface area contributed by atoms with E-state index in [-0.39, 0.29) is 23.9 Å². The first-order valence-electron chi connectivity index (χ1n) is 7.88. The Labute approximate surface area is 145 Å². The van der Waals surface area contributed by atoms with Crippen molar-refractivity contribution in [1.29, 1.82) is 0 Å². The van der Waals surface area contributed by atoms with Gasteiger partial charge in [0.15, 0.2) is 0 Å². The summed E-state index contributed by atoms with van der Waals surface area (Å²) >= 11 is 0. The number of carbonyl (C=O) groups excluding carboxylic acids is 1. The van der Waals surface area contributed by atoms with Crippen LogP contribution in [-0.2, 0) is 14.8 Å². The van der Waals surface area contributed by atoms with Gasteiger partial charge in [0.05, 0.1) is 16.8 Å². The van der Waals surface area contributed by atoms with E-state index >= 15 is 0 Å². The number of amides is 1. The number of nitrogens with zero attached hydrogens (tertiary/aromatic N) is 1. The number of rotatable bonds is 6. The second-order valence-corrected chi connectivity index (χ2v) is 8.11. The molecule has 0 heterocycles. The third-order valence-electron chi connectivity index (χ3n) is 4.37. The highest BCUT2D eigenvalue weighted by Gasteiger charge is 2.32. The Kier molecular flexibility index (Phi) is 5.83. The Morgan fingerprint density at radius 3 is 2.56 bits per heavy atom. The minimum Gasteiger partial charge on any atom is -0.449 e. The number of carbonyl (C=O) groups is 1. The molecule has 0 radical (unpaired) electrons. The van der Waals surface area contributed by atoms with Gasteiger partial charge in [-0.25, -0.2) is 13.2 Å². The molecule has 0 spiro atoms. The van der Waals surface area contributed by atoms with E-state index in [1.165, 1.54) is 6.07 Å². The molecule has 10 heteroatoms. The number of nitro groups is 1. The predicted molar refractivity (Wildman–Crippen MR) is 91.7 cm³/mol. The van der Waals surface area contributed by atoms with Crippen LogP contribution in [0.1, 0.15) is 31.2 Å².